The van der Waals surface area contributed by atoms with E-state index in [0.717, 1.165) is 6.07 Å². The van der Waals surface area contributed by atoms with Gasteiger partial charge in [0.25, 0.3) is 5.91 Å². The van der Waals surface area contributed by atoms with Gasteiger partial charge in [-0.3, -0.25) is 4.79 Å². The molecule has 2 amide bonds. The zero-order valence-corrected chi connectivity index (χ0v) is 14.6. The summed E-state index contributed by atoms with van der Waals surface area (Å²) in [4.78, 5) is 23.1. The maximum Gasteiger partial charge on any atom is 0.407 e. The normalized spacial score (nSPS) is 11.0. The summed E-state index contributed by atoms with van der Waals surface area (Å²) >= 11 is 1.67. The van der Waals surface area contributed by atoms with Gasteiger partial charge in [-0.05, 0) is 55.5 Å². The Morgan fingerprint density at radius 3 is 2.36 bits per heavy atom. The molecule has 0 saturated heterocycles. The van der Waals surface area contributed by atoms with E-state index in [0.29, 0.717) is 0 Å². The van der Waals surface area contributed by atoms with E-state index in [1.807, 2.05) is 0 Å². The Bertz CT molecular complexity index is 574. The summed E-state index contributed by atoms with van der Waals surface area (Å²) in [6.45, 7) is 5.25. The number of halogens is 3. The van der Waals surface area contributed by atoms with Crippen LogP contribution in [0.15, 0.2) is 12.1 Å². The standard InChI is InChI=1S/C14H17F2IN2O3/c1-14(2,3)22-13(21)19-7-6-18-12(20)10-8(15)4-5-9(17)11(10)16/h4-5H,6-7H2,1-3H3,(H,18,20)(H,19,21). The SMILES string of the molecule is CC(C)(C)OC(=O)NCCNC(=O)c1c(F)ccc(I)c1F. The van der Waals surface area contributed by atoms with E-state index in [4.69, 9.17) is 4.74 Å². The molecule has 0 unspecified atom stereocenters. The number of amides is 2. The Labute approximate surface area is 140 Å². The first-order valence-electron chi connectivity index (χ1n) is 6.50. The third kappa shape index (κ3) is 5.74. The molecule has 8 heteroatoms. The Morgan fingerprint density at radius 2 is 1.77 bits per heavy atom. The first-order valence-corrected chi connectivity index (χ1v) is 7.58. The second-order valence-corrected chi connectivity index (χ2v) is 6.56. The van der Waals surface area contributed by atoms with Gasteiger partial charge < -0.3 is 15.4 Å². The van der Waals surface area contributed by atoms with E-state index in [-0.39, 0.29) is 16.7 Å². The molecule has 0 bridgehead atoms. The van der Waals surface area contributed by atoms with Crippen LogP contribution in [-0.4, -0.2) is 30.7 Å². The highest BCUT2D eigenvalue weighted by atomic mass is 127. The monoisotopic (exact) mass is 426 g/mol. The van der Waals surface area contributed by atoms with Crippen molar-refractivity contribution in [1.82, 2.24) is 10.6 Å². The van der Waals surface area contributed by atoms with Gasteiger partial charge in [0.15, 0.2) is 5.82 Å². The Balaban J connectivity index is 2.48. The van der Waals surface area contributed by atoms with Gasteiger partial charge >= 0.3 is 6.09 Å². The lowest BCUT2D eigenvalue weighted by atomic mass is 10.2. The van der Waals surface area contributed by atoms with Crippen LogP contribution in [0.3, 0.4) is 0 Å². The molecule has 0 radical (unpaired) electrons. The Morgan fingerprint density at radius 1 is 1.18 bits per heavy atom. The highest BCUT2D eigenvalue weighted by molar-refractivity contribution is 14.1. The lowest BCUT2D eigenvalue weighted by molar-refractivity contribution is 0.0526. The summed E-state index contributed by atoms with van der Waals surface area (Å²) in [5.41, 5.74) is -1.26. The van der Waals surface area contributed by atoms with Crippen molar-refractivity contribution in [3.05, 3.63) is 32.9 Å². The fourth-order valence-corrected chi connectivity index (χ4v) is 1.93. The predicted molar refractivity (Wildman–Crippen MR) is 85.6 cm³/mol. The quantitative estimate of drug-likeness (QED) is 0.442. The van der Waals surface area contributed by atoms with Gasteiger partial charge in [-0.25, -0.2) is 13.6 Å². The molecule has 0 aliphatic carbocycles. The van der Waals surface area contributed by atoms with Gasteiger partial charge in [-0.2, -0.15) is 0 Å². The predicted octanol–water partition coefficient (Wildman–Crippen LogP) is 2.82. The first kappa shape index (κ1) is 18.6. The summed E-state index contributed by atoms with van der Waals surface area (Å²) in [5.74, 6) is -2.71. The number of alkyl carbamates (subject to hydrolysis) is 1. The van der Waals surface area contributed by atoms with E-state index >= 15 is 0 Å². The maximum atomic E-state index is 13.7. The van der Waals surface area contributed by atoms with Gasteiger partial charge in [0.2, 0.25) is 0 Å². The third-order valence-corrected chi connectivity index (χ3v) is 3.18. The van der Waals surface area contributed by atoms with Crippen molar-refractivity contribution in [2.45, 2.75) is 26.4 Å². The van der Waals surface area contributed by atoms with Crippen molar-refractivity contribution in [1.29, 1.82) is 0 Å². The Hall–Kier alpha value is -1.45. The van der Waals surface area contributed by atoms with E-state index in [1.54, 1.807) is 43.4 Å². The molecule has 1 aromatic rings. The molecule has 22 heavy (non-hydrogen) atoms. The first-order chi connectivity index (χ1) is 10.1. The topological polar surface area (TPSA) is 67.4 Å². The van der Waals surface area contributed by atoms with Gasteiger partial charge in [0.1, 0.15) is 17.0 Å². The highest BCUT2D eigenvalue weighted by Crippen LogP contribution is 2.18. The number of rotatable bonds is 4. The molecule has 0 aliphatic rings. The largest absolute Gasteiger partial charge is 0.444 e. The van der Waals surface area contributed by atoms with Gasteiger partial charge in [-0.1, -0.05) is 0 Å². The number of hydrogen-bond acceptors (Lipinski definition) is 3. The molecule has 2 N–H and O–H groups in total. The molecule has 1 rings (SSSR count). The highest BCUT2D eigenvalue weighted by Gasteiger charge is 2.19. The minimum atomic E-state index is -0.935. The second kappa shape index (κ2) is 7.70. The van der Waals surface area contributed by atoms with E-state index in [9.17, 15) is 18.4 Å². The second-order valence-electron chi connectivity index (χ2n) is 5.40. The number of ether oxygens (including phenoxy) is 1. The smallest absolute Gasteiger partial charge is 0.407 e. The molecule has 0 saturated carbocycles. The molecule has 0 aliphatic heterocycles. The number of hydrogen-bond donors (Lipinski definition) is 2. The summed E-state index contributed by atoms with van der Waals surface area (Å²) in [5, 5.41) is 4.76. The number of carbonyl (C=O) groups excluding carboxylic acids is 2. The van der Waals surface area contributed by atoms with Gasteiger partial charge in [0.05, 0.1) is 0 Å². The van der Waals surface area contributed by atoms with Crippen LogP contribution in [0, 0.1) is 15.2 Å². The fraction of sp³-hybridized carbons (Fsp3) is 0.429. The van der Waals surface area contributed by atoms with Crippen LogP contribution in [0.5, 0.6) is 0 Å². The van der Waals surface area contributed by atoms with Crippen LogP contribution in [0.25, 0.3) is 0 Å². The molecule has 0 aromatic heterocycles. The number of benzene rings is 1. The molecule has 0 heterocycles. The lowest BCUT2D eigenvalue weighted by Gasteiger charge is -2.19. The molecule has 1 aromatic carbocycles. The average molecular weight is 426 g/mol. The van der Waals surface area contributed by atoms with Crippen molar-refractivity contribution in [3.8, 4) is 0 Å². The lowest BCUT2D eigenvalue weighted by Crippen LogP contribution is -2.38. The summed E-state index contributed by atoms with van der Waals surface area (Å²) in [7, 11) is 0. The molecular weight excluding hydrogens is 409 g/mol. The minimum Gasteiger partial charge on any atom is -0.444 e. The number of carbonyl (C=O) groups is 2. The van der Waals surface area contributed by atoms with Crippen LogP contribution in [0.2, 0.25) is 0 Å². The van der Waals surface area contributed by atoms with E-state index in [2.05, 4.69) is 10.6 Å². The molecule has 0 atom stereocenters. The molecular formula is C14H17F2IN2O3. The van der Waals surface area contributed by atoms with Crippen molar-refractivity contribution in [2.24, 2.45) is 0 Å². The molecule has 5 nitrogen and oxygen atoms in total. The van der Waals surface area contributed by atoms with Crippen LogP contribution in [0.1, 0.15) is 31.1 Å². The van der Waals surface area contributed by atoms with Gasteiger partial charge in [0, 0.05) is 16.7 Å². The van der Waals surface area contributed by atoms with Crippen LogP contribution >= 0.6 is 22.6 Å². The van der Waals surface area contributed by atoms with Crippen LogP contribution in [0.4, 0.5) is 13.6 Å². The fourth-order valence-electron chi connectivity index (χ4n) is 1.48. The molecule has 122 valence electrons. The zero-order valence-electron chi connectivity index (χ0n) is 12.4. The summed E-state index contributed by atoms with van der Waals surface area (Å²) in [6, 6.07) is 2.27. The molecule has 0 fully saturated rings. The molecule has 0 spiro atoms. The summed E-state index contributed by atoms with van der Waals surface area (Å²) in [6.07, 6.45) is -0.631. The maximum absolute atomic E-state index is 13.7. The van der Waals surface area contributed by atoms with E-state index in [1.165, 1.54) is 6.07 Å². The van der Waals surface area contributed by atoms with Crippen molar-refractivity contribution < 1.29 is 23.1 Å². The zero-order chi connectivity index (χ0) is 16.9. The van der Waals surface area contributed by atoms with Crippen molar-refractivity contribution >= 4 is 34.6 Å². The van der Waals surface area contributed by atoms with Crippen molar-refractivity contribution in [2.75, 3.05) is 13.1 Å². The average Bonchev–Trinajstić information content (AvgIpc) is 2.37. The number of nitrogens with one attached hydrogen (secondary N) is 2. The van der Waals surface area contributed by atoms with Crippen LogP contribution < -0.4 is 10.6 Å². The van der Waals surface area contributed by atoms with Crippen molar-refractivity contribution in [3.63, 3.8) is 0 Å². The van der Waals surface area contributed by atoms with Gasteiger partial charge in [-0.15, -0.1) is 0 Å². The minimum absolute atomic E-state index is 0.0163. The van der Waals surface area contributed by atoms with Crippen LogP contribution in [-0.2, 0) is 4.74 Å². The third-order valence-electron chi connectivity index (χ3n) is 2.35. The summed E-state index contributed by atoms with van der Waals surface area (Å²) < 4.78 is 32.4. The Kier molecular flexibility index (Phi) is 6.51. The van der Waals surface area contributed by atoms with E-state index < -0.39 is 34.8 Å².